The maximum absolute atomic E-state index is 9.02. The van der Waals surface area contributed by atoms with E-state index >= 15 is 0 Å². The number of aliphatic hydroxyl groups excluding tert-OH is 1. The molecule has 0 atom stereocenters. The van der Waals surface area contributed by atoms with Crippen molar-refractivity contribution in [1.29, 1.82) is 0 Å². The molecule has 0 aliphatic heterocycles. The fraction of sp³-hybridized carbons (Fsp3) is 0.500. The number of fused-ring (bicyclic) bond motifs is 1. The molecule has 0 aliphatic rings. The molecule has 2 heterocycles. The third-order valence-corrected chi connectivity index (χ3v) is 2.71. The van der Waals surface area contributed by atoms with E-state index in [2.05, 4.69) is 22.2 Å². The summed E-state index contributed by atoms with van der Waals surface area (Å²) in [6.45, 7) is 3.63. The molecule has 0 amide bonds. The number of hydrogen-bond donors (Lipinski definition) is 2. The number of likely N-dealkylation sites (N-methyl/N-ethyl adjacent to an activating group) is 1. The zero-order valence-electron chi connectivity index (χ0n) is 10.8. The van der Waals surface area contributed by atoms with Gasteiger partial charge in [0.1, 0.15) is 5.82 Å². The molecule has 0 radical (unpaired) electrons. The summed E-state index contributed by atoms with van der Waals surface area (Å²) in [7, 11) is 1.90. The van der Waals surface area contributed by atoms with Gasteiger partial charge in [0.15, 0.2) is 11.5 Å². The van der Waals surface area contributed by atoms with Crippen molar-refractivity contribution in [2.24, 2.45) is 0 Å². The summed E-state index contributed by atoms with van der Waals surface area (Å²) in [6, 6.07) is 0. The number of aliphatic hydroxyl groups is 1. The zero-order chi connectivity index (χ0) is 13.0. The van der Waals surface area contributed by atoms with Gasteiger partial charge in [-0.15, -0.1) is 0 Å². The normalized spacial score (nSPS) is 10.8. The molecule has 0 unspecified atom stereocenters. The Kier molecular flexibility index (Phi) is 3.99. The molecule has 0 fully saturated rings. The maximum atomic E-state index is 9.02. The van der Waals surface area contributed by atoms with Crippen molar-refractivity contribution < 1.29 is 5.11 Å². The van der Waals surface area contributed by atoms with Crippen molar-refractivity contribution in [3.8, 4) is 0 Å². The first-order valence-electron chi connectivity index (χ1n) is 6.15. The van der Waals surface area contributed by atoms with E-state index in [1.165, 1.54) is 0 Å². The highest BCUT2D eigenvalue weighted by atomic mass is 16.3. The molecule has 0 aliphatic carbocycles. The number of hydrogen-bond acceptors (Lipinski definition) is 5. The average Bonchev–Trinajstić information content (AvgIpc) is 2.83. The fourth-order valence-electron chi connectivity index (χ4n) is 1.77. The van der Waals surface area contributed by atoms with Crippen molar-refractivity contribution in [2.75, 3.05) is 37.0 Å². The summed E-state index contributed by atoms with van der Waals surface area (Å²) < 4.78 is 1.94. The zero-order valence-corrected chi connectivity index (χ0v) is 10.8. The molecule has 0 spiro atoms. The number of anilines is 2. The van der Waals surface area contributed by atoms with Gasteiger partial charge in [0.2, 0.25) is 0 Å². The van der Waals surface area contributed by atoms with Gasteiger partial charge in [0.25, 0.3) is 0 Å². The average molecular weight is 249 g/mol. The first kappa shape index (κ1) is 12.6. The molecule has 0 saturated carbocycles. The standard InChI is InChI=1S/C12H19N5O/c1-3-4-13-10-9-17-6-5-14-11(17)12(15-10)16(2)7-8-18/h5-6,9,13,18H,3-4,7-8H2,1-2H3. The molecular weight excluding hydrogens is 230 g/mol. The molecule has 0 aromatic carbocycles. The molecule has 6 nitrogen and oxygen atoms in total. The Morgan fingerprint density at radius 2 is 2.33 bits per heavy atom. The maximum Gasteiger partial charge on any atom is 0.180 e. The van der Waals surface area contributed by atoms with E-state index < -0.39 is 0 Å². The molecule has 0 bridgehead atoms. The van der Waals surface area contributed by atoms with Crippen LogP contribution in [0.1, 0.15) is 13.3 Å². The molecule has 18 heavy (non-hydrogen) atoms. The van der Waals surface area contributed by atoms with Crippen LogP contribution in [0.2, 0.25) is 0 Å². The molecule has 98 valence electrons. The van der Waals surface area contributed by atoms with Gasteiger partial charge in [0.05, 0.1) is 12.8 Å². The second-order valence-electron chi connectivity index (χ2n) is 4.18. The highest BCUT2D eigenvalue weighted by molar-refractivity contribution is 5.66. The number of aromatic nitrogens is 3. The van der Waals surface area contributed by atoms with E-state index in [0.717, 1.165) is 30.2 Å². The molecule has 6 heteroatoms. The van der Waals surface area contributed by atoms with Crippen LogP contribution in [0.25, 0.3) is 5.65 Å². The van der Waals surface area contributed by atoms with Gasteiger partial charge in [-0.05, 0) is 6.42 Å². The highest BCUT2D eigenvalue weighted by Crippen LogP contribution is 2.19. The lowest BCUT2D eigenvalue weighted by Gasteiger charge is -2.18. The van der Waals surface area contributed by atoms with E-state index in [-0.39, 0.29) is 6.61 Å². The van der Waals surface area contributed by atoms with Gasteiger partial charge in [-0.3, -0.25) is 0 Å². The first-order chi connectivity index (χ1) is 8.76. The topological polar surface area (TPSA) is 65.7 Å². The molecule has 2 aromatic rings. The minimum Gasteiger partial charge on any atom is -0.395 e. The van der Waals surface area contributed by atoms with Crippen molar-refractivity contribution >= 4 is 17.3 Å². The molecule has 2 N–H and O–H groups in total. The molecular formula is C12H19N5O. The van der Waals surface area contributed by atoms with Crippen LogP contribution >= 0.6 is 0 Å². The number of rotatable bonds is 6. The summed E-state index contributed by atoms with van der Waals surface area (Å²) >= 11 is 0. The van der Waals surface area contributed by atoms with Crippen LogP contribution in [-0.2, 0) is 0 Å². The van der Waals surface area contributed by atoms with Gasteiger partial charge in [-0.2, -0.15) is 0 Å². The number of nitrogens with one attached hydrogen (secondary N) is 1. The molecule has 2 rings (SSSR count). The lowest BCUT2D eigenvalue weighted by atomic mass is 10.4. The Hall–Kier alpha value is -1.82. The van der Waals surface area contributed by atoms with Crippen LogP contribution in [0.5, 0.6) is 0 Å². The Balaban J connectivity index is 2.38. The number of nitrogens with zero attached hydrogens (tertiary/aromatic N) is 4. The van der Waals surface area contributed by atoms with Crippen LogP contribution in [0.3, 0.4) is 0 Å². The summed E-state index contributed by atoms with van der Waals surface area (Å²) in [4.78, 5) is 10.7. The predicted molar refractivity (Wildman–Crippen MR) is 72.1 cm³/mol. The third-order valence-electron chi connectivity index (χ3n) is 2.71. The minimum atomic E-state index is 0.0949. The van der Waals surface area contributed by atoms with E-state index in [4.69, 9.17) is 5.11 Å². The van der Waals surface area contributed by atoms with Crippen LogP contribution in [0.4, 0.5) is 11.6 Å². The Morgan fingerprint density at radius 1 is 1.50 bits per heavy atom. The van der Waals surface area contributed by atoms with Crippen molar-refractivity contribution in [3.05, 3.63) is 18.6 Å². The summed E-state index contributed by atoms with van der Waals surface area (Å²) in [5.41, 5.74) is 0.799. The van der Waals surface area contributed by atoms with Crippen LogP contribution in [0.15, 0.2) is 18.6 Å². The highest BCUT2D eigenvalue weighted by Gasteiger charge is 2.11. The molecule has 2 aromatic heterocycles. The Bertz CT molecular complexity index is 510. The summed E-state index contributed by atoms with van der Waals surface area (Å²) in [6.07, 6.45) is 6.61. The second kappa shape index (κ2) is 5.68. The Labute approximate surface area is 106 Å². The number of imidazole rings is 1. The molecule has 0 saturated heterocycles. The summed E-state index contributed by atoms with van der Waals surface area (Å²) in [5.74, 6) is 1.59. The van der Waals surface area contributed by atoms with Crippen LogP contribution in [0, 0.1) is 0 Å². The van der Waals surface area contributed by atoms with Gasteiger partial charge in [-0.1, -0.05) is 6.92 Å². The summed E-state index contributed by atoms with van der Waals surface area (Å²) in [5, 5.41) is 12.3. The van der Waals surface area contributed by atoms with Crippen molar-refractivity contribution in [1.82, 2.24) is 14.4 Å². The monoisotopic (exact) mass is 249 g/mol. The smallest absolute Gasteiger partial charge is 0.180 e. The van der Waals surface area contributed by atoms with Gasteiger partial charge in [0, 0.05) is 32.5 Å². The second-order valence-corrected chi connectivity index (χ2v) is 4.18. The quantitative estimate of drug-likeness (QED) is 0.799. The largest absolute Gasteiger partial charge is 0.395 e. The SMILES string of the molecule is CCCNc1cn2ccnc2c(N(C)CCO)n1. The lowest BCUT2D eigenvalue weighted by molar-refractivity contribution is 0.304. The van der Waals surface area contributed by atoms with E-state index in [1.807, 2.05) is 28.7 Å². The third kappa shape index (κ3) is 2.53. The van der Waals surface area contributed by atoms with Crippen molar-refractivity contribution in [2.45, 2.75) is 13.3 Å². The fourth-order valence-corrected chi connectivity index (χ4v) is 1.77. The van der Waals surface area contributed by atoms with E-state index in [1.54, 1.807) is 6.20 Å². The van der Waals surface area contributed by atoms with Crippen LogP contribution in [-0.4, -0.2) is 46.2 Å². The van der Waals surface area contributed by atoms with Gasteiger partial charge in [-0.25, -0.2) is 9.97 Å². The van der Waals surface area contributed by atoms with E-state index in [9.17, 15) is 0 Å². The van der Waals surface area contributed by atoms with Gasteiger partial charge >= 0.3 is 0 Å². The first-order valence-corrected chi connectivity index (χ1v) is 6.15. The lowest BCUT2D eigenvalue weighted by Crippen LogP contribution is -2.23. The van der Waals surface area contributed by atoms with E-state index in [0.29, 0.717) is 6.54 Å². The predicted octanol–water partition coefficient (Wildman–Crippen LogP) is 0.980. The van der Waals surface area contributed by atoms with Gasteiger partial charge < -0.3 is 19.7 Å². The van der Waals surface area contributed by atoms with Crippen molar-refractivity contribution in [3.63, 3.8) is 0 Å². The Morgan fingerprint density at radius 3 is 3.06 bits per heavy atom. The minimum absolute atomic E-state index is 0.0949. The van der Waals surface area contributed by atoms with Crippen LogP contribution < -0.4 is 10.2 Å².